The van der Waals surface area contributed by atoms with Gasteiger partial charge in [0.2, 0.25) is 5.91 Å². The van der Waals surface area contributed by atoms with E-state index in [1.165, 1.54) is 15.5 Å². The number of imidazole rings is 1. The van der Waals surface area contributed by atoms with Gasteiger partial charge >= 0.3 is 11.4 Å². The van der Waals surface area contributed by atoms with E-state index in [0.29, 0.717) is 23.1 Å². The Morgan fingerprint density at radius 2 is 1.85 bits per heavy atom. The fourth-order valence-electron chi connectivity index (χ4n) is 3.19. The summed E-state index contributed by atoms with van der Waals surface area (Å²) in [5.41, 5.74) is -0.190. The summed E-state index contributed by atoms with van der Waals surface area (Å²) in [4.78, 5) is 64.3. The third kappa shape index (κ3) is 5.76. The van der Waals surface area contributed by atoms with Gasteiger partial charge in [-0.1, -0.05) is 6.92 Å². The van der Waals surface area contributed by atoms with Crippen molar-refractivity contribution in [2.45, 2.75) is 53.1 Å². The third-order valence-electron chi connectivity index (χ3n) is 5.04. The molecule has 33 heavy (non-hydrogen) atoms. The molecule has 0 aromatic carbocycles. The van der Waals surface area contributed by atoms with Crippen molar-refractivity contribution in [3.63, 3.8) is 0 Å². The molecule has 0 aliphatic rings. The van der Waals surface area contributed by atoms with E-state index >= 15 is 0 Å². The number of fused-ring (bicyclic) bond motifs is 1. The first-order valence-electron chi connectivity index (χ1n) is 10.7. The minimum Gasteiger partial charge on any atom is -0.354 e. The summed E-state index contributed by atoms with van der Waals surface area (Å²) in [6.07, 6.45) is 4.27. The maximum absolute atomic E-state index is 12.4. The van der Waals surface area contributed by atoms with Crippen LogP contribution >= 0.6 is 0 Å². The Bertz CT molecular complexity index is 1370. The lowest BCUT2D eigenvalue weighted by molar-refractivity contribution is -0.121. The molecule has 3 aromatic heterocycles. The van der Waals surface area contributed by atoms with Crippen molar-refractivity contribution in [2.24, 2.45) is 14.1 Å². The maximum atomic E-state index is 12.4. The summed E-state index contributed by atoms with van der Waals surface area (Å²) in [5.74, 6) is -0.0796. The Labute approximate surface area is 189 Å². The minimum absolute atomic E-state index is 0.0769. The van der Waals surface area contributed by atoms with Crippen LogP contribution in [0.15, 0.2) is 31.7 Å². The highest BCUT2D eigenvalue weighted by atomic mass is 16.2. The highest BCUT2D eigenvalue weighted by molar-refractivity contribution is 5.75. The molecular weight excluding hydrogens is 430 g/mol. The predicted octanol–water partition coefficient (Wildman–Crippen LogP) is -0.224. The number of hydrogen-bond acceptors (Lipinski definition) is 6. The van der Waals surface area contributed by atoms with Gasteiger partial charge in [0, 0.05) is 51.4 Å². The maximum Gasteiger partial charge on any atom is 0.332 e. The van der Waals surface area contributed by atoms with Crippen molar-refractivity contribution in [2.75, 3.05) is 6.54 Å². The van der Waals surface area contributed by atoms with Crippen LogP contribution in [0.1, 0.15) is 45.2 Å². The zero-order valence-electron chi connectivity index (χ0n) is 19.8. The molecule has 180 valence electrons. The van der Waals surface area contributed by atoms with Crippen molar-refractivity contribution in [1.82, 2.24) is 33.6 Å². The molecular formula is C21H31N7O5. The second-order valence-electron chi connectivity index (χ2n) is 8.00. The van der Waals surface area contributed by atoms with Crippen LogP contribution in [0.5, 0.6) is 0 Å². The molecule has 0 bridgehead atoms. The number of amides is 1. The highest BCUT2D eigenvalue weighted by Gasteiger charge is 2.14. The van der Waals surface area contributed by atoms with Gasteiger partial charge in [-0.15, -0.1) is 0 Å². The molecule has 3 heterocycles. The third-order valence-corrected chi connectivity index (χ3v) is 5.04. The highest BCUT2D eigenvalue weighted by Crippen LogP contribution is 2.02. The molecule has 0 aliphatic heterocycles. The number of carbonyl (C=O) groups excluding carboxylic acids is 1. The summed E-state index contributed by atoms with van der Waals surface area (Å²) in [5, 5.41) is 2.69. The lowest BCUT2D eigenvalue weighted by atomic mass is 10.3. The lowest BCUT2D eigenvalue weighted by Crippen LogP contribution is -2.42. The van der Waals surface area contributed by atoms with Crippen LogP contribution in [0.4, 0.5) is 0 Å². The number of carbonyl (C=O) groups is 1. The van der Waals surface area contributed by atoms with E-state index in [1.54, 1.807) is 31.8 Å². The van der Waals surface area contributed by atoms with E-state index in [9.17, 15) is 24.0 Å². The predicted molar refractivity (Wildman–Crippen MR) is 125 cm³/mol. The van der Waals surface area contributed by atoms with Crippen LogP contribution in [-0.2, 0) is 25.4 Å². The Hall–Kier alpha value is -3.70. The molecule has 3 rings (SSSR count). The molecule has 0 saturated carbocycles. The van der Waals surface area contributed by atoms with Gasteiger partial charge < -0.3 is 9.88 Å². The molecule has 2 N–H and O–H groups in total. The fraction of sp³-hybridized carbons (Fsp3) is 0.524. The Morgan fingerprint density at radius 1 is 1.18 bits per heavy atom. The standard InChI is InChI=1S/C13H19N5O3.C8H12N2O2/c1-4-5-9(19)14-6-7-18-12(20)10-11(15-8-16(10)2)17(3)13(18)21;1-5(2)10-4-6(3)7(11)9-8(10)12/h8H,4-7H2,1-3H3,(H,14,19);4-5H,1-3H3,(H,9,11,12). The zero-order chi connectivity index (χ0) is 24.9. The van der Waals surface area contributed by atoms with Crippen LogP contribution in [0.3, 0.4) is 0 Å². The van der Waals surface area contributed by atoms with Gasteiger partial charge in [-0.2, -0.15) is 0 Å². The molecule has 0 fully saturated rings. The first-order valence-corrected chi connectivity index (χ1v) is 10.7. The average molecular weight is 462 g/mol. The van der Waals surface area contributed by atoms with Crippen LogP contribution in [0.25, 0.3) is 11.2 Å². The van der Waals surface area contributed by atoms with Crippen LogP contribution < -0.4 is 27.8 Å². The summed E-state index contributed by atoms with van der Waals surface area (Å²) >= 11 is 0. The smallest absolute Gasteiger partial charge is 0.332 e. The van der Waals surface area contributed by atoms with E-state index in [0.717, 1.165) is 11.0 Å². The van der Waals surface area contributed by atoms with Gasteiger partial charge in [0.05, 0.1) is 6.33 Å². The Kier molecular flexibility index (Phi) is 8.32. The van der Waals surface area contributed by atoms with Crippen LogP contribution in [0.2, 0.25) is 0 Å². The number of aromatic amines is 1. The average Bonchev–Trinajstić information content (AvgIpc) is 3.14. The molecule has 0 spiro atoms. The SMILES string of the molecule is CCCC(=O)NCCn1c(=O)c2c(ncn2C)n(C)c1=O.Cc1cn(C(C)C)c(=O)[nH]c1=O. The number of aromatic nitrogens is 6. The monoisotopic (exact) mass is 461 g/mol. The van der Waals surface area contributed by atoms with Crippen LogP contribution in [0, 0.1) is 6.92 Å². The number of H-pyrrole nitrogens is 1. The van der Waals surface area contributed by atoms with Gasteiger partial charge in [0.1, 0.15) is 0 Å². The summed E-state index contributed by atoms with van der Waals surface area (Å²) in [6.45, 7) is 7.76. The summed E-state index contributed by atoms with van der Waals surface area (Å²) < 4.78 is 5.54. The molecule has 0 saturated heterocycles. The summed E-state index contributed by atoms with van der Waals surface area (Å²) in [6, 6.07) is 0.0769. The molecule has 0 radical (unpaired) electrons. The van der Waals surface area contributed by atoms with E-state index in [1.807, 2.05) is 20.8 Å². The topological polar surface area (TPSA) is 146 Å². The van der Waals surface area contributed by atoms with Crippen molar-refractivity contribution in [1.29, 1.82) is 0 Å². The quantitative estimate of drug-likeness (QED) is 0.519. The van der Waals surface area contributed by atoms with Crippen molar-refractivity contribution >= 4 is 17.1 Å². The summed E-state index contributed by atoms with van der Waals surface area (Å²) in [7, 11) is 3.28. The van der Waals surface area contributed by atoms with E-state index in [2.05, 4.69) is 15.3 Å². The van der Waals surface area contributed by atoms with Gasteiger partial charge in [-0.25, -0.2) is 14.6 Å². The minimum atomic E-state index is -0.434. The van der Waals surface area contributed by atoms with Crippen molar-refractivity contribution < 1.29 is 4.79 Å². The molecule has 0 atom stereocenters. The number of nitrogens with one attached hydrogen (secondary N) is 2. The Morgan fingerprint density at radius 3 is 2.45 bits per heavy atom. The second-order valence-corrected chi connectivity index (χ2v) is 8.00. The molecule has 1 amide bonds. The molecule has 0 aliphatic carbocycles. The van der Waals surface area contributed by atoms with Crippen molar-refractivity contribution in [3.05, 3.63) is 59.8 Å². The molecule has 12 heteroatoms. The zero-order valence-corrected chi connectivity index (χ0v) is 19.8. The van der Waals surface area contributed by atoms with E-state index in [-0.39, 0.29) is 36.3 Å². The lowest BCUT2D eigenvalue weighted by Gasteiger charge is -2.09. The number of nitrogens with zero attached hydrogens (tertiary/aromatic N) is 5. The number of aryl methyl sites for hydroxylation is 3. The number of hydrogen-bond donors (Lipinski definition) is 2. The fourth-order valence-corrected chi connectivity index (χ4v) is 3.19. The van der Waals surface area contributed by atoms with E-state index in [4.69, 9.17) is 0 Å². The largest absolute Gasteiger partial charge is 0.354 e. The van der Waals surface area contributed by atoms with Gasteiger partial charge in [-0.3, -0.25) is 33.1 Å². The molecule has 12 nitrogen and oxygen atoms in total. The normalized spacial score (nSPS) is 10.9. The van der Waals surface area contributed by atoms with Gasteiger partial charge in [0.25, 0.3) is 11.1 Å². The Balaban J connectivity index is 0.000000273. The molecule has 3 aromatic rings. The van der Waals surface area contributed by atoms with Gasteiger partial charge in [-0.05, 0) is 27.2 Å². The van der Waals surface area contributed by atoms with Crippen LogP contribution in [-0.4, -0.2) is 40.7 Å². The van der Waals surface area contributed by atoms with Crippen molar-refractivity contribution in [3.8, 4) is 0 Å². The first kappa shape index (κ1) is 25.6. The van der Waals surface area contributed by atoms with E-state index < -0.39 is 11.2 Å². The number of rotatable bonds is 6. The molecule has 0 unspecified atom stereocenters. The second kappa shape index (κ2) is 10.7. The van der Waals surface area contributed by atoms with Gasteiger partial charge in [0.15, 0.2) is 11.2 Å². The first-order chi connectivity index (χ1) is 15.5.